The Balaban J connectivity index is 1.83. The van der Waals surface area contributed by atoms with Crippen molar-refractivity contribution in [2.45, 2.75) is 25.4 Å². The molecule has 1 aliphatic rings. The zero-order valence-corrected chi connectivity index (χ0v) is 12.7. The fraction of sp³-hybridized carbons (Fsp3) is 0.533. The molecule has 2 N–H and O–H groups in total. The van der Waals surface area contributed by atoms with Gasteiger partial charge in [0.05, 0.1) is 23.4 Å². The maximum absolute atomic E-state index is 12.9. The van der Waals surface area contributed by atoms with E-state index >= 15 is 0 Å². The molecule has 6 heteroatoms. The normalized spacial score (nSPS) is 21.8. The first-order valence-electron chi connectivity index (χ1n) is 7.07. The van der Waals surface area contributed by atoms with Crippen molar-refractivity contribution < 1.29 is 14.3 Å². The third kappa shape index (κ3) is 4.66. The second kappa shape index (κ2) is 7.20. The Bertz CT molecular complexity index is 512. The van der Waals surface area contributed by atoms with Crippen LogP contribution in [0.1, 0.15) is 19.3 Å². The van der Waals surface area contributed by atoms with Crippen LogP contribution < -0.4 is 5.32 Å². The largest absolute Gasteiger partial charge is 0.393 e. The van der Waals surface area contributed by atoms with Crippen LogP contribution in [-0.2, 0) is 4.79 Å². The van der Waals surface area contributed by atoms with E-state index in [4.69, 9.17) is 11.6 Å². The molecule has 1 saturated carbocycles. The number of nitrogens with zero attached hydrogens (tertiary/aromatic N) is 1. The number of anilines is 1. The van der Waals surface area contributed by atoms with Crippen LogP contribution in [-0.4, -0.2) is 42.2 Å². The van der Waals surface area contributed by atoms with Gasteiger partial charge in [-0.05, 0) is 44.0 Å². The summed E-state index contributed by atoms with van der Waals surface area (Å²) in [5, 5.41) is 12.6. The molecule has 2 rings (SSSR count). The Morgan fingerprint density at radius 3 is 2.90 bits per heavy atom. The van der Waals surface area contributed by atoms with Gasteiger partial charge in [-0.2, -0.15) is 0 Å². The van der Waals surface area contributed by atoms with E-state index in [-0.39, 0.29) is 29.5 Å². The lowest BCUT2D eigenvalue weighted by molar-refractivity contribution is -0.117. The van der Waals surface area contributed by atoms with Gasteiger partial charge in [0, 0.05) is 6.54 Å². The fourth-order valence-electron chi connectivity index (χ4n) is 2.72. The van der Waals surface area contributed by atoms with Gasteiger partial charge < -0.3 is 10.4 Å². The molecule has 21 heavy (non-hydrogen) atoms. The second-order valence-corrected chi connectivity index (χ2v) is 6.03. The van der Waals surface area contributed by atoms with Gasteiger partial charge in [-0.3, -0.25) is 9.69 Å². The summed E-state index contributed by atoms with van der Waals surface area (Å²) in [6.07, 6.45) is 2.62. The molecule has 0 aliphatic heterocycles. The number of aliphatic hydroxyl groups is 1. The van der Waals surface area contributed by atoms with Crippen molar-refractivity contribution in [3.05, 3.63) is 29.0 Å². The van der Waals surface area contributed by atoms with Crippen molar-refractivity contribution >= 4 is 23.2 Å². The highest BCUT2D eigenvalue weighted by Crippen LogP contribution is 2.26. The van der Waals surface area contributed by atoms with E-state index < -0.39 is 5.82 Å². The molecule has 0 saturated heterocycles. The number of hydrogen-bond acceptors (Lipinski definition) is 3. The first kappa shape index (κ1) is 16.2. The van der Waals surface area contributed by atoms with Crippen molar-refractivity contribution in [3.8, 4) is 0 Å². The van der Waals surface area contributed by atoms with Crippen LogP contribution in [0.2, 0.25) is 5.02 Å². The number of rotatable bonds is 5. The van der Waals surface area contributed by atoms with Crippen molar-refractivity contribution in [2.24, 2.45) is 5.92 Å². The summed E-state index contributed by atoms with van der Waals surface area (Å²) in [7, 11) is 1.84. The Kier molecular flexibility index (Phi) is 5.56. The Labute approximate surface area is 128 Å². The van der Waals surface area contributed by atoms with Crippen LogP contribution >= 0.6 is 11.6 Å². The average Bonchev–Trinajstić information content (AvgIpc) is 2.78. The van der Waals surface area contributed by atoms with Crippen LogP contribution in [0.5, 0.6) is 0 Å². The fourth-order valence-corrected chi connectivity index (χ4v) is 2.94. The van der Waals surface area contributed by atoms with E-state index in [1.54, 1.807) is 0 Å². The van der Waals surface area contributed by atoms with Gasteiger partial charge in [-0.15, -0.1) is 0 Å². The Morgan fingerprint density at radius 2 is 2.29 bits per heavy atom. The molecule has 1 aliphatic carbocycles. The number of amides is 1. The summed E-state index contributed by atoms with van der Waals surface area (Å²) in [6, 6.07) is 3.85. The number of halogens is 2. The van der Waals surface area contributed by atoms with E-state index in [2.05, 4.69) is 5.32 Å². The van der Waals surface area contributed by atoms with E-state index in [0.717, 1.165) is 25.3 Å². The number of benzene rings is 1. The number of hydrogen-bond donors (Lipinski definition) is 2. The molecule has 0 radical (unpaired) electrons. The predicted octanol–water partition coefficient (Wildman–Crippen LogP) is 2.51. The van der Waals surface area contributed by atoms with E-state index in [1.165, 1.54) is 12.1 Å². The lowest BCUT2D eigenvalue weighted by Gasteiger charge is -2.22. The summed E-state index contributed by atoms with van der Waals surface area (Å²) in [6.45, 7) is 0.892. The summed E-state index contributed by atoms with van der Waals surface area (Å²) >= 11 is 5.87. The summed E-state index contributed by atoms with van der Waals surface area (Å²) in [5.74, 6) is -0.416. The summed E-state index contributed by atoms with van der Waals surface area (Å²) in [5.41, 5.74) is 0.400. The van der Waals surface area contributed by atoms with Crippen molar-refractivity contribution in [1.82, 2.24) is 4.90 Å². The number of carbonyl (C=O) groups excluding carboxylic acids is 1. The molecule has 4 nitrogen and oxygen atoms in total. The highest BCUT2D eigenvalue weighted by atomic mass is 35.5. The SMILES string of the molecule is CN(CC(=O)Nc1ccc(F)cc1Cl)CC1CCCC1O. The van der Waals surface area contributed by atoms with Gasteiger partial charge >= 0.3 is 0 Å². The minimum atomic E-state index is -0.440. The topological polar surface area (TPSA) is 52.6 Å². The van der Waals surface area contributed by atoms with Crippen LogP contribution in [0.4, 0.5) is 10.1 Å². The van der Waals surface area contributed by atoms with Gasteiger partial charge in [0.1, 0.15) is 5.82 Å². The molecule has 2 atom stereocenters. The molecule has 0 spiro atoms. The van der Waals surface area contributed by atoms with Crippen molar-refractivity contribution in [3.63, 3.8) is 0 Å². The molecule has 0 heterocycles. The number of carbonyl (C=O) groups is 1. The molecular weight excluding hydrogens is 295 g/mol. The third-order valence-electron chi connectivity index (χ3n) is 3.78. The van der Waals surface area contributed by atoms with Crippen molar-refractivity contribution in [1.29, 1.82) is 0 Å². The first-order chi connectivity index (χ1) is 9.95. The molecule has 1 aromatic rings. The van der Waals surface area contributed by atoms with Crippen LogP contribution in [0, 0.1) is 11.7 Å². The molecule has 2 unspecified atom stereocenters. The molecule has 1 fully saturated rings. The second-order valence-electron chi connectivity index (χ2n) is 5.63. The van der Waals surface area contributed by atoms with Crippen molar-refractivity contribution in [2.75, 3.05) is 25.5 Å². The minimum absolute atomic E-state index is 0.178. The maximum atomic E-state index is 12.9. The lowest BCUT2D eigenvalue weighted by atomic mass is 10.1. The molecular formula is C15H20ClFN2O2. The quantitative estimate of drug-likeness (QED) is 0.878. The third-order valence-corrected chi connectivity index (χ3v) is 4.10. The standard InChI is InChI=1S/C15H20ClFN2O2/c1-19(8-10-3-2-4-14(10)20)9-15(21)18-13-6-5-11(17)7-12(13)16/h5-7,10,14,20H,2-4,8-9H2,1H3,(H,18,21). The summed E-state index contributed by atoms with van der Waals surface area (Å²) in [4.78, 5) is 13.8. The van der Waals surface area contributed by atoms with Crippen LogP contribution in [0.15, 0.2) is 18.2 Å². The molecule has 0 aromatic heterocycles. The van der Waals surface area contributed by atoms with Gasteiger partial charge in [0.25, 0.3) is 0 Å². The smallest absolute Gasteiger partial charge is 0.238 e. The van der Waals surface area contributed by atoms with E-state index in [9.17, 15) is 14.3 Å². The summed E-state index contributed by atoms with van der Waals surface area (Å²) < 4.78 is 12.9. The minimum Gasteiger partial charge on any atom is -0.393 e. The van der Waals surface area contributed by atoms with Crippen LogP contribution in [0.25, 0.3) is 0 Å². The Morgan fingerprint density at radius 1 is 1.52 bits per heavy atom. The maximum Gasteiger partial charge on any atom is 0.238 e. The molecule has 1 aromatic carbocycles. The van der Waals surface area contributed by atoms with E-state index in [0.29, 0.717) is 12.2 Å². The lowest BCUT2D eigenvalue weighted by Crippen LogP contribution is -2.35. The van der Waals surface area contributed by atoms with Gasteiger partial charge in [-0.1, -0.05) is 18.0 Å². The van der Waals surface area contributed by atoms with E-state index in [1.807, 2.05) is 11.9 Å². The van der Waals surface area contributed by atoms with Gasteiger partial charge in [0.2, 0.25) is 5.91 Å². The molecule has 0 bridgehead atoms. The number of likely N-dealkylation sites (N-methyl/N-ethyl adjacent to an activating group) is 1. The van der Waals surface area contributed by atoms with Gasteiger partial charge in [0.15, 0.2) is 0 Å². The highest BCUT2D eigenvalue weighted by Gasteiger charge is 2.26. The molecule has 1 amide bonds. The highest BCUT2D eigenvalue weighted by molar-refractivity contribution is 6.33. The predicted molar refractivity (Wildman–Crippen MR) is 80.9 cm³/mol. The first-order valence-corrected chi connectivity index (χ1v) is 7.45. The average molecular weight is 315 g/mol. The van der Waals surface area contributed by atoms with Gasteiger partial charge in [-0.25, -0.2) is 4.39 Å². The molecule has 116 valence electrons. The zero-order chi connectivity index (χ0) is 15.4. The number of nitrogens with one attached hydrogen (secondary N) is 1. The monoisotopic (exact) mass is 314 g/mol. The van der Waals surface area contributed by atoms with Crippen LogP contribution in [0.3, 0.4) is 0 Å². The Hall–Kier alpha value is -1.17. The number of aliphatic hydroxyl groups excluding tert-OH is 1. The zero-order valence-electron chi connectivity index (χ0n) is 12.0.